The van der Waals surface area contributed by atoms with Gasteiger partial charge in [0.2, 0.25) is 0 Å². The summed E-state index contributed by atoms with van der Waals surface area (Å²) < 4.78 is 7.44. The largest absolute Gasteiger partial charge is 0.390 e. The maximum Gasteiger partial charge on any atom is 0.253 e. The number of aromatic nitrogens is 4. The van der Waals surface area contributed by atoms with Crippen LogP contribution >= 0.6 is 0 Å². The number of carbonyl (C=O) groups excluding carboxylic acids is 1. The van der Waals surface area contributed by atoms with Crippen LogP contribution in [0.4, 0.5) is 0 Å². The number of ether oxygens (including phenoxy) is 1. The average Bonchev–Trinajstić information content (AvgIpc) is 3.19. The van der Waals surface area contributed by atoms with Crippen molar-refractivity contribution in [1.82, 2.24) is 25.1 Å². The van der Waals surface area contributed by atoms with E-state index in [1.54, 1.807) is 16.8 Å². The monoisotopic (exact) mass is 343 g/mol. The Morgan fingerprint density at radius 1 is 1.24 bits per heavy atom. The number of nitrogens with zero attached hydrogens (tertiary/aromatic N) is 5. The molecule has 0 bridgehead atoms. The molecule has 1 aromatic heterocycles. The summed E-state index contributed by atoms with van der Waals surface area (Å²) in [6.45, 7) is 1.90. The van der Waals surface area contributed by atoms with E-state index < -0.39 is 11.7 Å². The van der Waals surface area contributed by atoms with E-state index in [1.165, 1.54) is 6.33 Å². The van der Waals surface area contributed by atoms with Crippen molar-refractivity contribution in [3.05, 3.63) is 36.2 Å². The Bertz CT molecular complexity index is 723. The SMILES string of the molecule is O=C(c1ccc(-n2cnnn2)cc1)N1CCC2(CC1)OCCCC2O. The summed E-state index contributed by atoms with van der Waals surface area (Å²) >= 11 is 0. The molecule has 2 aromatic rings. The first-order valence-electron chi connectivity index (χ1n) is 8.63. The number of aliphatic hydroxyl groups excluding tert-OH is 1. The molecule has 2 fully saturated rings. The summed E-state index contributed by atoms with van der Waals surface area (Å²) in [5, 5.41) is 21.3. The van der Waals surface area contributed by atoms with Crippen molar-refractivity contribution < 1.29 is 14.6 Å². The molecule has 2 saturated heterocycles. The zero-order chi connectivity index (χ0) is 17.3. The van der Waals surface area contributed by atoms with Gasteiger partial charge >= 0.3 is 0 Å². The lowest BCUT2D eigenvalue weighted by Crippen LogP contribution is -2.56. The van der Waals surface area contributed by atoms with E-state index in [9.17, 15) is 9.90 Å². The fourth-order valence-corrected chi connectivity index (χ4v) is 3.70. The molecular weight excluding hydrogens is 322 g/mol. The summed E-state index contributed by atoms with van der Waals surface area (Å²) in [5.41, 5.74) is 0.981. The number of aliphatic hydroxyl groups is 1. The quantitative estimate of drug-likeness (QED) is 0.867. The Hall–Kier alpha value is -2.32. The van der Waals surface area contributed by atoms with Gasteiger partial charge in [0.1, 0.15) is 6.33 Å². The molecule has 1 spiro atoms. The van der Waals surface area contributed by atoms with Crippen LogP contribution in [0.15, 0.2) is 30.6 Å². The molecule has 132 valence electrons. The molecule has 1 unspecified atom stereocenters. The number of rotatable bonds is 2. The van der Waals surface area contributed by atoms with Gasteiger partial charge in [-0.05, 0) is 60.4 Å². The average molecular weight is 343 g/mol. The number of benzene rings is 1. The molecule has 25 heavy (non-hydrogen) atoms. The van der Waals surface area contributed by atoms with Gasteiger partial charge in [-0.25, -0.2) is 4.68 Å². The third-order valence-corrected chi connectivity index (χ3v) is 5.24. The van der Waals surface area contributed by atoms with E-state index in [0.29, 0.717) is 38.1 Å². The predicted molar refractivity (Wildman–Crippen MR) is 88.2 cm³/mol. The van der Waals surface area contributed by atoms with Gasteiger partial charge in [0, 0.05) is 25.3 Å². The van der Waals surface area contributed by atoms with Crippen LogP contribution in [0.3, 0.4) is 0 Å². The van der Waals surface area contributed by atoms with Gasteiger partial charge in [-0.1, -0.05) is 0 Å². The number of hydrogen-bond donors (Lipinski definition) is 1. The van der Waals surface area contributed by atoms with Crippen molar-refractivity contribution in [2.75, 3.05) is 19.7 Å². The van der Waals surface area contributed by atoms with Crippen LogP contribution in [0.2, 0.25) is 0 Å². The first kappa shape index (κ1) is 16.2. The van der Waals surface area contributed by atoms with Gasteiger partial charge in [0.05, 0.1) is 17.4 Å². The van der Waals surface area contributed by atoms with Crippen molar-refractivity contribution in [2.45, 2.75) is 37.4 Å². The standard InChI is InChI=1S/C17H21N5O3/c23-15-2-1-11-25-17(15)7-9-21(10-8-17)16(24)13-3-5-14(6-4-13)22-12-18-19-20-22/h3-6,12,15,23H,1-2,7-11H2. The second kappa shape index (κ2) is 6.53. The van der Waals surface area contributed by atoms with Crippen molar-refractivity contribution in [1.29, 1.82) is 0 Å². The second-order valence-electron chi connectivity index (χ2n) is 6.66. The Labute approximate surface area is 145 Å². The molecule has 0 radical (unpaired) electrons. The normalized spacial score (nSPS) is 22.9. The number of carbonyl (C=O) groups is 1. The molecule has 2 aliphatic heterocycles. The van der Waals surface area contributed by atoms with Crippen molar-refractivity contribution in [3.8, 4) is 5.69 Å². The van der Waals surface area contributed by atoms with E-state index in [4.69, 9.17) is 4.74 Å². The second-order valence-corrected chi connectivity index (χ2v) is 6.66. The lowest BCUT2D eigenvalue weighted by molar-refractivity contribution is -0.174. The Morgan fingerprint density at radius 3 is 2.64 bits per heavy atom. The van der Waals surface area contributed by atoms with Crippen molar-refractivity contribution in [3.63, 3.8) is 0 Å². The van der Waals surface area contributed by atoms with Crippen LogP contribution in [-0.4, -0.2) is 67.5 Å². The molecular formula is C17H21N5O3. The molecule has 8 nitrogen and oxygen atoms in total. The third kappa shape index (κ3) is 3.03. The minimum Gasteiger partial charge on any atom is -0.390 e. The number of piperidine rings is 1. The number of likely N-dealkylation sites (tertiary alicyclic amines) is 1. The van der Waals surface area contributed by atoms with E-state index in [2.05, 4.69) is 15.5 Å². The molecule has 2 aliphatic rings. The van der Waals surface area contributed by atoms with E-state index >= 15 is 0 Å². The highest BCUT2D eigenvalue weighted by Gasteiger charge is 2.44. The predicted octanol–water partition coefficient (Wildman–Crippen LogP) is 0.808. The number of tetrazole rings is 1. The lowest BCUT2D eigenvalue weighted by Gasteiger charge is -2.46. The highest BCUT2D eigenvalue weighted by molar-refractivity contribution is 5.94. The van der Waals surface area contributed by atoms with E-state index in [0.717, 1.165) is 18.5 Å². The van der Waals surface area contributed by atoms with Crippen LogP contribution in [0.1, 0.15) is 36.0 Å². The van der Waals surface area contributed by atoms with Gasteiger partial charge < -0.3 is 14.7 Å². The van der Waals surface area contributed by atoms with E-state index in [1.807, 2.05) is 17.0 Å². The fourth-order valence-electron chi connectivity index (χ4n) is 3.70. The summed E-state index contributed by atoms with van der Waals surface area (Å²) in [4.78, 5) is 14.6. The minimum atomic E-state index is -0.459. The van der Waals surface area contributed by atoms with Crippen LogP contribution in [-0.2, 0) is 4.74 Å². The van der Waals surface area contributed by atoms with Crippen LogP contribution in [0, 0.1) is 0 Å². The molecule has 0 saturated carbocycles. The maximum absolute atomic E-state index is 12.7. The molecule has 1 amide bonds. The summed E-state index contributed by atoms with van der Waals surface area (Å²) in [6, 6.07) is 7.22. The zero-order valence-electron chi connectivity index (χ0n) is 13.9. The molecule has 3 heterocycles. The number of hydrogen-bond acceptors (Lipinski definition) is 6. The molecule has 0 aliphatic carbocycles. The van der Waals surface area contributed by atoms with Gasteiger partial charge in [0.15, 0.2) is 0 Å². The fraction of sp³-hybridized carbons (Fsp3) is 0.529. The van der Waals surface area contributed by atoms with Crippen LogP contribution in [0.5, 0.6) is 0 Å². The van der Waals surface area contributed by atoms with Gasteiger partial charge in [-0.15, -0.1) is 5.10 Å². The first-order valence-corrected chi connectivity index (χ1v) is 8.63. The smallest absolute Gasteiger partial charge is 0.253 e. The van der Waals surface area contributed by atoms with Crippen molar-refractivity contribution >= 4 is 5.91 Å². The molecule has 1 N–H and O–H groups in total. The first-order chi connectivity index (χ1) is 12.2. The van der Waals surface area contributed by atoms with Crippen molar-refractivity contribution in [2.24, 2.45) is 0 Å². The number of amides is 1. The Balaban J connectivity index is 1.42. The molecule has 1 aromatic carbocycles. The molecule has 8 heteroatoms. The van der Waals surface area contributed by atoms with Gasteiger partial charge in [0.25, 0.3) is 5.91 Å². The molecule has 1 atom stereocenters. The topological polar surface area (TPSA) is 93.4 Å². The molecule has 4 rings (SSSR count). The summed E-state index contributed by atoms with van der Waals surface area (Å²) in [6.07, 6.45) is 4.14. The highest BCUT2D eigenvalue weighted by atomic mass is 16.5. The highest BCUT2D eigenvalue weighted by Crippen LogP contribution is 2.35. The summed E-state index contributed by atoms with van der Waals surface area (Å²) in [7, 11) is 0. The van der Waals surface area contributed by atoms with Gasteiger partial charge in [-0.3, -0.25) is 4.79 Å². The Kier molecular flexibility index (Phi) is 4.22. The lowest BCUT2D eigenvalue weighted by atomic mass is 9.82. The maximum atomic E-state index is 12.7. The third-order valence-electron chi connectivity index (χ3n) is 5.24. The van der Waals surface area contributed by atoms with Crippen LogP contribution < -0.4 is 0 Å². The summed E-state index contributed by atoms with van der Waals surface area (Å²) in [5.74, 6) is 0.00316. The van der Waals surface area contributed by atoms with Gasteiger partial charge in [-0.2, -0.15) is 0 Å². The minimum absolute atomic E-state index is 0.00316. The van der Waals surface area contributed by atoms with Crippen LogP contribution in [0.25, 0.3) is 5.69 Å². The van der Waals surface area contributed by atoms with E-state index in [-0.39, 0.29) is 5.91 Å². The zero-order valence-corrected chi connectivity index (χ0v) is 13.9. The Morgan fingerprint density at radius 2 is 2.00 bits per heavy atom.